The van der Waals surface area contributed by atoms with Gasteiger partial charge in [-0.3, -0.25) is 9.48 Å². The topological polar surface area (TPSA) is 59.8 Å². The molecule has 1 heterocycles. The van der Waals surface area contributed by atoms with Crippen molar-refractivity contribution in [3.05, 3.63) is 71.9 Å². The summed E-state index contributed by atoms with van der Waals surface area (Å²) in [5, 5.41) is 10.6. The molecule has 1 N–H and O–H groups in total. The lowest BCUT2D eigenvalue weighted by Gasteiger charge is -2.05. The van der Waals surface area contributed by atoms with Gasteiger partial charge in [0, 0.05) is 23.7 Å². The van der Waals surface area contributed by atoms with Gasteiger partial charge in [-0.25, -0.2) is 8.78 Å². The van der Waals surface area contributed by atoms with Crippen LogP contribution in [-0.4, -0.2) is 27.4 Å². The maximum absolute atomic E-state index is 13.1. The van der Waals surface area contributed by atoms with Crippen molar-refractivity contribution in [1.82, 2.24) is 20.3 Å². The fourth-order valence-electron chi connectivity index (χ4n) is 2.22. The zero-order valence-electron chi connectivity index (χ0n) is 12.6. The van der Waals surface area contributed by atoms with Gasteiger partial charge in [0.05, 0.1) is 12.7 Å². The first-order valence-corrected chi connectivity index (χ1v) is 7.32. The Bertz CT molecular complexity index is 829. The second-order valence-electron chi connectivity index (χ2n) is 5.15. The summed E-state index contributed by atoms with van der Waals surface area (Å²) in [6, 6.07) is 12.3. The first-order valence-electron chi connectivity index (χ1n) is 7.32. The minimum Gasteiger partial charge on any atom is -0.350 e. The summed E-state index contributed by atoms with van der Waals surface area (Å²) in [6.07, 6.45) is 1.77. The van der Waals surface area contributed by atoms with Crippen molar-refractivity contribution in [1.29, 1.82) is 0 Å². The van der Waals surface area contributed by atoms with Crippen LogP contribution in [0.2, 0.25) is 0 Å². The van der Waals surface area contributed by atoms with Gasteiger partial charge in [0.2, 0.25) is 0 Å². The van der Waals surface area contributed by atoms with Crippen molar-refractivity contribution in [3.8, 4) is 11.3 Å². The maximum Gasteiger partial charge on any atom is 0.251 e. The zero-order valence-corrected chi connectivity index (χ0v) is 12.6. The lowest BCUT2D eigenvalue weighted by Crippen LogP contribution is -2.27. The average Bonchev–Trinajstić information content (AvgIpc) is 3.03. The molecule has 1 aromatic heterocycles. The van der Waals surface area contributed by atoms with E-state index in [9.17, 15) is 13.6 Å². The van der Waals surface area contributed by atoms with Gasteiger partial charge < -0.3 is 5.32 Å². The van der Waals surface area contributed by atoms with Gasteiger partial charge in [0.25, 0.3) is 5.91 Å². The van der Waals surface area contributed by atoms with Crippen LogP contribution in [0.25, 0.3) is 11.3 Å². The minimum atomic E-state index is -0.788. The van der Waals surface area contributed by atoms with Crippen LogP contribution < -0.4 is 5.32 Å². The molecule has 2 aromatic carbocycles. The van der Waals surface area contributed by atoms with Crippen LogP contribution >= 0.6 is 0 Å². The molecule has 122 valence electrons. The number of halogens is 2. The highest BCUT2D eigenvalue weighted by atomic mass is 19.1. The van der Waals surface area contributed by atoms with Crippen molar-refractivity contribution < 1.29 is 13.6 Å². The standard InChI is InChI=1S/C17H14F2N4O/c18-14-8-13(9-15(19)10-14)17(24)20-6-7-23-11-16(21-22-23)12-4-2-1-3-5-12/h1-5,8-11H,6-7H2,(H,20,24). The van der Waals surface area contributed by atoms with Crippen molar-refractivity contribution in [2.45, 2.75) is 6.54 Å². The van der Waals surface area contributed by atoms with E-state index in [0.717, 1.165) is 29.5 Å². The third-order valence-electron chi connectivity index (χ3n) is 3.36. The van der Waals surface area contributed by atoms with Crippen LogP contribution in [0.3, 0.4) is 0 Å². The monoisotopic (exact) mass is 328 g/mol. The van der Waals surface area contributed by atoms with Gasteiger partial charge in [-0.15, -0.1) is 5.10 Å². The highest BCUT2D eigenvalue weighted by Crippen LogP contribution is 2.14. The quantitative estimate of drug-likeness (QED) is 0.783. The summed E-state index contributed by atoms with van der Waals surface area (Å²) < 4.78 is 27.8. The van der Waals surface area contributed by atoms with Crippen LogP contribution in [0.5, 0.6) is 0 Å². The second-order valence-corrected chi connectivity index (χ2v) is 5.15. The molecule has 0 aliphatic heterocycles. The van der Waals surface area contributed by atoms with E-state index in [1.165, 1.54) is 0 Å². The largest absolute Gasteiger partial charge is 0.350 e. The molecule has 0 fully saturated rings. The van der Waals surface area contributed by atoms with Crippen molar-refractivity contribution in [2.24, 2.45) is 0 Å². The molecular formula is C17H14F2N4O. The average molecular weight is 328 g/mol. The Labute approximate surface area is 136 Å². The van der Waals surface area contributed by atoms with Crippen LogP contribution in [0.15, 0.2) is 54.7 Å². The molecule has 0 aliphatic carbocycles. The summed E-state index contributed by atoms with van der Waals surface area (Å²) in [7, 11) is 0. The van der Waals surface area contributed by atoms with Crippen LogP contribution in [0.4, 0.5) is 8.78 Å². The van der Waals surface area contributed by atoms with Crippen LogP contribution in [0.1, 0.15) is 10.4 Å². The third-order valence-corrected chi connectivity index (χ3v) is 3.36. The fraction of sp³-hybridized carbons (Fsp3) is 0.118. The number of hydrogen-bond acceptors (Lipinski definition) is 3. The van der Waals surface area contributed by atoms with E-state index < -0.39 is 17.5 Å². The molecule has 0 saturated carbocycles. The summed E-state index contributed by atoms with van der Waals surface area (Å²) in [4.78, 5) is 11.9. The van der Waals surface area contributed by atoms with E-state index in [4.69, 9.17) is 0 Å². The zero-order chi connectivity index (χ0) is 16.9. The van der Waals surface area contributed by atoms with E-state index in [-0.39, 0.29) is 12.1 Å². The number of aromatic nitrogens is 3. The Kier molecular flexibility index (Phi) is 4.60. The van der Waals surface area contributed by atoms with E-state index in [0.29, 0.717) is 6.54 Å². The van der Waals surface area contributed by atoms with Crippen molar-refractivity contribution in [3.63, 3.8) is 0 Å². The molecule has 0 bridgehead atoms. The molecule has 0 saturated heterocycles. The number of nitrogens with zero attached hydrogens (tertiary/aromatic N) is 3. The highest BCUT2D eigenvalue weighted by Gasteiger charge is 2.09. The van der Waals surface area contributed by atoms with Crippen molar-refractivity contribution >= 4 is 5.91 Å². The minimum absolute atomic E-state index is 0.0592. The summed E-state index contributed by atoms with van der Waals surface area (Å²) in [5.41, 5.74) is 1.62. The Hall–Kier alpha value is -3.09. The summed E-state index contributed by atoms with van der Waals surface area (Å²) >= 11 is 0. The molecule has 5 nitrogen and oxygen atoms in total. The van der Waals surface area contributed by atoms with Crippen LogP contribution in [0, 0.1) is 11.6 Å². The van der Waals surface area contributed by atoms with Gasteiger partial charge in [-0.2, -0.15) is 0 Å². The number of amides is 1. The predicted molar refractivity (Wildman–Crippen MR) is 84.1 cm³/mol. The Morgan fingerprint density at radius 2 is 1.79 bits per heavy atom. The number of carbonyl (C=O) groups is 1. The second kappa shape index (κ2) is 6.99. The molecule has 3 aromatic rings. The molecule has 0 radical (unpaired) electrons. The van der Waals surface area contributed by atoms with Gasteiger partial charge in [0.15, 0.2) is 0 Å². The summed E-state index contributed by atoms with van der Waals surface area (Å²) in [6.45, 7) is 0.651. The molecule has 1 amide bonds. The summed E-state index contributed by atoms with van der Waals surface area (Å²) in [5.74, 6) is -2.12. The van der Waals surface area contributed by atoms with Crippen LogP contribution in [-0.2, 0) is 6.54 Å². The molecule has 3 rings (SSSR count). The molecule has 0 spiro atoms. The van der Waals surface area contributed by atoms with Gasteiger partial charge >= 0.3 is 0 Å². The molecule has 0 atom stereocenters. The first-order chi connectivity index (χ1) is 11.6. The van der Waals surface area contributed by atoms with E-state index in [2.05, 4.69) is 15.6 Å². The van der Waals surface area contributed by atoms with Gasteiger partial charge in [-0.05, 0) is 12.1 Å². The fourth-order valence-corrected chi connectivity index (χ4v) is 2.22. The van der Waals surface area contributed by atoms with Crippen molar-refractivity contribution in [2.75, 3.05) is 6.54 Å². The molecule has 0 aliphatic rings. The van der Waals surface area contributed by atoms with Gasteiger partial charge in [0.1, 0.15) is 17.3 Å². The van der Waals surface area contributed by atoms with E-state index >= 15 is 0 Å². The lowest BCUT2D eigenvalue weighted by atomic mass is 10.2. The van der Waals surface area contributed by atoms with E-state index in [1.807, 2.05) is 30.3 Å². The molecule has 24 heavy (non-hydrogen) atoms. The number of rotatable bonds is 5. The SMILES string of the molecule is O=C(NCCn1cc(-c2ccccc2)nn1)c1cc(F)cc(F)c1. The Morgan fingerprint density at radius 3 is 2.50 bits per heavy atom. The molecular weight excluding hydrogens is 314 g/mol. The predicted octanol–water partition coefficient (Wildman–Crippen LogP) is 2.65. The van der Waals surface area contributed by atoms with Gasteiger partial charge in [-0.1, -0.05) is 35.5 Å². The first kappa shape index (κ1) is 15.8. The Morgan fingerprint density at radius 1 is 1.08 bits per heavy atom. The van der Waals surface area contributed by atoms with E-state index in [1.54, 1.807) is 10.9 Å². The lowest BCUT2D eigenvalue weighted by molar-refractivity contribution is 0.0951. The number of carbonyl (C=O) groups excluding carboxylic acids is 1. The Balaban J connectivity index is 1.57. The number of hydrogen-bond donors (Lipinski definition) is 1. The maximum atomic E-state index is 13.1. The molecule has 0 unspecified atom stereocenters. The normalized spacial score (nSPS) is 10.6. The smallest absolute Gasteiger partial charge is 0.251 e. The highest BCUT2D eigenvalue weighted by molar-refractivity contribution is 5.94. The number of benzene rings is 2. The third kappa shape index (κ3) is 3.81. The molecule has 7 heteroatoms. The number of nitrogens with one attached hydrogen (secondary N) is 1.